The van der Waals surface area contributed by atoms with Gasteiger partial charge in [-0.2, -0.15) is 18.2 Å². The van der Waals surface area contributed by atoms with Crippen molar-refractivity contribution in [3.63, 3.8) is 0 Å². The molecule has 1 aromatic rings. The van der Waals surface area contributed by atoms with Crippen LogP contribution >= 0.6 is 0 Å². The molecule has 4 nitrogen and oxygen atoms in total. The molecule has 0 saturated heterocycles. The van der Waals surface area contributed by atoms with Crippen molar-refractivity contribution in [2.24, 2.45) is 11.7 Å². The van der Waals surface area contributed by atoms with Gasteiger partial charge in [-0.3, -0.25) is 0 Å². The summed E-state index contributed by atoms with van der Waals surface area (Å²) in [4.78, 5) is 3.24. The summed E-state index contributed by atoms with van der Waals surface area (Å²) in [5, 5.41) is 2.85. The Balaban J connectivity index is 2.54. The van der Waals surface area contributed by atoms with E-state index in [1.165, 1.54) is 0 Å². The van der Waals surface area contributed by atoms with Crippen LogP contribution < -0.4 is 5.73 Å². The SMILES string of the molecule is CC(CN)CCc1nc(C(F)(F)F)no1. The second-order valence-electron chi connectivity index (χ2n) is 3.39. The number of aromatic nitrogens is 2. The summed E-state index contributed by atoms with van der Waals surface area (Å²) in [7, 11) is 0. The Bertz CT molecular complexity index is 310. The Labute approximate surface area is 84.6 Å². The molecule has 1 heterocycles. The van der Waals surface area contributed by atoms with Crippen LogP contribution in [0, 0.1) is 5.92 Å². The van der Waals surface area contributed by atoms with Crippen molar-refractivity contribution in [2.45, 2.75) is 25.9 Å². The average Bonchev–Trinajstić information content (AvgIpc) is 2.61. The molecule has 86 valence electrons. The molecule has 1 rings (SSSR count). The highest BCUT2D eigenvalue weighted by Gasteiger charge is 2.37. The minimum Gasteiger partial charge on any atom is -0.339 e. The first-order chi connectivity index (χ1) is 6.93. The number of halogens is 3. The van der Waals surface area contributed by atoms with Crippen LogP contribution in [0.4, 0.5) is 13.2 Å². The number of rotatable bonds is 4. The zero-order chi connectivity index (χ0) is 11.5. The monoisotopic (exact) mass is 223 g/mol. The molecular formula is C8H12F3N3O. The van der Waals surface area contributed by atoms with Crippen molar-refractivity contribution in [2.75, 3.05) is 6.54 Å². The fraction of sp³-hybridized carbons (Fsp3) is 0.750. The van der Waals surface area contributed by atoms with Crippen LogP contribution in [0.1, 0.15) is 25.1 Å². The topological polar surface area (TPSA) is 64.9 Å². The van der Waals surface area contributed by atoms with E-state index in [-0.39, 0.29) is 11.8 Å². The third-order valence-corrected chi connectivity index (χ3v) is 1.98. The van der Waals surface area contributed by atoms with E-state index < -0.39 is 12.0 Å². The summed E-state index contributed by atoms with van der Waals surface area (Å²) in [6.07, 6.45) is -3.58. The molecule has 1 aromatic heterocycles. The zero-order valence-electron chi connectivity index (χ0n) is 8.21. The Morgan fingerprint density at radius 3 is 2.60 bits per heavy atom. The van der Waals surface area contributed by atoms with Gasteiger partial charge in [-0.25, -0.2) is 0 Å². The van der Waals surface area contributed by atoms with Crippen LogP contribution in [-0.2, 0) is 12.6 Å². The van der Waals surface area contributed by atoms with E-state index in [2.05, 4.69) is 14.7 Å². The highest BCUT2D eigenvalue weighted by molar-refractivity contribution is 4.90. The van der Waals surface area contributed by atoms with Crippen molar-refractivity contribution in [1.82, 2.24) is 10.1 Å². The van der Waals surface area contributed by atoms with E-state index in [1.54, 1.807) is 0 Å². The molecule has 0 fully saturated rings. The fourth-order valence-corrected chi connectivity index (χ4v) is 0.959. The molecular weight excluding hydrogens is 211 g/mol. The fourth-order valence-electron chi connectivity index (χ4n) is 0.959. The van der Waals surface area contributed by atoms with Crippen molar-refractivity contribution < 1.29 is 17.7 Å². The van der Waals surface area contributed by atoms with E-state index in [0.29, 0.717) is 19.4 Å². The minimum absolute atomic E-state index is 0.00243. The highest BCUT2D eigenvalue weighted by atomic mass is 19.4. The second kappa shape index (κ2) is 4.61. The lowest BCUT2D eigenvalue weighted by atomic mass is 10.1. The third-order valence-electron chi connectivity index (χ3n) is 1.98. The standard InChI is InChI=1S/C8H12F3N3O/c1-5(4-12)2-3-6-13-7(14-15-6)8(9,10)11/h5H,2-4,12H2,1H3. The molecule has 0 bridgehead atoms. The van der Waals surface area contributed by atoms with Crippen LogP contribution in [0.25, 0.3) is 0 Å². The molecule has 0 aliphatic rings. The zero-order valence-corrected chi connectivity index (χ0v) is 8.21. The summed E-state index contributed by atoms with van der Waals surface area (Å²) in [5.74, 6) is -0.994. The van der Waals surface area contributed by atoms with Gasteiger partial charge in [0, 0.05) is 6.42 Å². The summed E-state index contributed by atoms with van der Waals surface area (Å²) in [6.45, 7) is 2.39. The number of nitrogens with zero attached hydrogens (tertiary/aromatic N) is 2. The Morgan fingerprint density at radius 2 is 2.13 bits per heavy atom. The van der Waals surface area contributed by atoms with E-state index in [4.69, 9.17) is 5.73 Å². The van der Waals surface area contributed by atoms with Crippen molar-refractivity contribution in [1.29, 1.82) is 0 Å². The van der Waals surface area contributed by atoms with Crippen LogP contribution in [0.2, 0.25) is 0 Å². The first-order valence-electron chi connectivity index (χ1n) is 4.53. The number of aryl methyl sites for hydroxylation is 1. The average molecular weight is 223 g/mol. The van der Waals surface area contributed by atoms with Crippen molar-refractivity contribution in [3.05, 3.63) is 11.7 Å². The first kappa shape index (κ1) is 12.0. The molecule has 0 amide bonds. The molecule has 7 heteroatoms. The second-order valence-corrected chi connectivity index (χ2v) is 3.39. The van der Waals surface area contributed by atoms with Gasteiger partial charge in [0.25, 0.3) is 5.82 Å². The van der Waals surface area contributed by atoms with Gasteiger partial charge in [-0.15, -0.1) is 0 Å². The largest absolute Gasteiger partial charge is 0.455 e. The number of hydrogen-bond donors (Lipinski definition) is 1. The van der Waals surface area contributed by atoms with E-state index in [0.717, 1.165) is 0 Å². The Kier molecular flexibility index (Phi) is 3.67. The van der Waals surface area contributed by atoms with Gasteiger partial charge < -0.3 is 10.3 Å². The summed E-state index contributed by atoms with van der Waals surface area (Å²) < 4.78 is 40.6. The van der Waals surface area contributed by atoms with Gasteiger partial charge in [0.05, 0.1) is 0 Å². The van der Waals surface area contributed by atoms with Crippen LogP contribution in [0.15, 0.2) is 4.52 Å². The lowest BCUT2D eigenvalue weighted by Gasteiger charge is -2.04. The molecule has 2 N–H and O–H groups in total. The van der Waals surface area contributed by atoms with Gasteiger partial charge in [-0.05, 0) is 18.9 Å². The molecule has 0 spiro atoms. The lowest BCUT2D eigenvalue weighted by molar-refractivity contribution is -0.146. The maximum Gasteiger partial charge on any atom is 0.455 e. The third kappa shape index (κ3) is 3.50. The van der Waals surface area contributed by atoms with E-state index in [9.17, 15) is 13.2 Å². The van der Waals surface area contributed by atoms with Gasteiger partial charge in [0.2, 0.25) is 5.89 Å². The van der Waals surface area contributed by atoms with Crippen LogP contribution in [0.5, 0.6) is 0 Å². The lowest BCUT2D eigenvalue weighted by Crippen LogP contribution is -2.11. The number of hydrogen-bond acceptors (Lipinski definition) is 4. The Morgan fingerprint density at radius 1 is 1.47 bits per heavy atom. The maximum atomic E-state index is 12.1. The minimum atomic E-state index is -4.54. The smallest absolute Gasteiger partial charge is 0.339 e. The summed E-state index contributed by atoms with van der Waals surface area (Å²) in [5.41, 5.74) is 5.36. The van der Waals surface area contributed by atoms with Gasteiger partial charge in [-0.1, -0.05) is 12.1 Å². The molecule has 15 heavy (non-hydrogen) atoms. The molecule has 0 aliphatic heterocycles. The maximum absolute atomic E-state index is 12.1. The van der Waals surface area contributed by atoms with E-state index >= 15 is 0 Å². The molecule has 0 saturated carbocycles. The quantitative estimate of drug-likeness (QED) is 0.842. The van der Waals surface area contributed by atoms with Crippen LogP contribution in [0.3, 0.4) is 0 Å². The molecule has 0 radical (unpaired) electrons. The summed E-state index contributed by atoms with van der Waals surface area (Å²) in [6, 6.07) is 0. The van der Waals surface area contributed by atoms with Crippen molar-refractivity contribution in [3.8, 4) is 0 Å². The summed E-state index contributed by atoms with van der Waals surface area (Å²) >= 11 is 0. The Hall–Kier alpha value is -1.11. The van der Waals surface area contributed by atoms with E-state index in [1.807, 2.05) is 6.92 Å². The number of alkyl halides is 3. The van der Waals surface area contributed by atoms with Gasteiger partial charge in [0.1, 0.15) is 0 Å². The van der Waals surface area contributed by atoms with Crippen LogP contribution in [-0.4, -0.2) is 16.7 Å². The molecule has 0 aliphatic carbocycles. The highest BCUT2D eigenvalue weighted by Crippen LogP contribution is 2.26. The van der Waals surface area contributed by atoms with Gasteiger partial charge in [0.15, 0.2) is 0 Å². The molecule has 1 atom stereocenters. The molecule has 1 unspecified atom stereocenters. The predicted octanol–water partition coefficient (Wildman–Crippen LogP) is 1.62. The number of nitrogens with two attached hydrogens (primary N) is 1. The normalized spacial score (nSPS) is 14.2. The molecule has 0 aromatic carbocycles. The van der Waals surface area contributed by atoms with Crippen molar-refractivity contribution >= 4 is 0 Å². The van der Waals surface area contributed by atoms with Gasteiger partial charge >= 0.3 is 6.18 Å². The first-order valence-corrected chi connectivity index (χ1v) is 4.53. The predicted molar refractivity (Wildman–Crippen MR) is 45.8 cm³/mol.